The smallest absolute Gasteiger partial charge is 0.433 e. The van der Waals surface area contributed by atoms with Gasteiger partial charge in [0.15, 0.2) is 13.2 Å². The Kier molecular flexibility index (Phi) is 8.10. The highest BCUT2D eigenvalue weighted by molar-refractivity contribution is 5.77. The molecule has 35 heavy (non-hydrogen) atoms. The van der Waals surface area contributed by atoms with Crippen LogP contribution in [0.3, 0.4) is 0 Å². The minimum Gasteiger partial charge on any atom is -0.485 e. The summed E-state index contributed by atoms with van der Waals surface area (Å²) in [5, 5.41) is 6.63. The van der Waals surface area contributed by atoms with E-state index in [4.69, 9.17) is 14.0 Å². The van der Waals surface area contributed by atoms with E-state index >= 15 is 0 Å². The molecule has 0 saturated carbocycles. The molecule has 1 atom stereocenters. The van der Waals surface area contributed by atoms with Crippen LogP contribution in [0.5, 0.6) is 11.5 Å². The third-order valence-corrected chi connectivity index (χ3v) is 5.16. The molecule has 0 radical (unpaired) electrons. The zero-order valence-corrected chi connectivity index (χ0v) is 19.3. The summed E-state index contributed by atoms with van der Waals surface area (Å²) < 4.78 is 53.9. The zero-order chi connectivity index (χ0) is 25.5. The second-order valence-corrected chi connectivity index (χ2v) is 8.00. The number of pyridine rings is 1. The van der Waals surface area contributed by atoms with E-state index in [0.717, 1.165) is 23.9 Å². The zero-order valence-electron chi connectivity index (χ0n) is 19.3. The molecule has 0 aliphatic heterocycles. The first-order valence-electron chi connectivity index (χ1n) is 10.7. The van der Waals surface area contributed by atoms with E-state index in [2.05, 4.69) is 27.0 Å². The topological polar surface area (TPSA) is 99.4 Å². The average molecular weight is 490 g/mol. The highest BCUT2D eigenvalue weighted by Gasteiger charge is 2.32. The van der Waals surface area contributed by atoms with Crippen LogP contribution in [0, 0.1) is 6.92 Å². The number of nitrogens with one attached hydrogen (secondary N) is 1. The summed E-state index contributed by atoms with van der Waals surface area (Å²) in [5.41, 5.74) is -0.624. The van der Waals surface area contributed by atoms with Gasteiger partial charge in [-0.2, -0.15) is 18.2 Å². The maximum Gasteiger partial charge on any atom is 0.433 e. The number of alkyl halides is 3. The van der Waals surface area contributed by atoms with Crippen LogP contribution >= 0.6 is 0 Å². The van der Waals surface area contributed by atoms with Gasteiger partial charge < -0.3 is 19.3 Å². The van der Waals surface area contributed by atoms with E-state index in [9.17, 15) is 18.0 Å². The average Bonchev–Trinajstić information content (AvgIpc) is 3.32. The molecule has 186 valence electrons. The molecular weight excluding hydrogens is 465 g/mol. The molecule has 3 aromatic rings. The van der Waals surface area contributed by atoms with Crippen molar-refractivity contribution in [3.63, 3.8) is 0 Å². The van der Waals surface area contributed by atoms with E-state index in [1.165, 1.54) is 0 Å². The van der Waals surface area contributed by atoms with Crippen LogP contribution in [0.1, 0.15) is 36.3 Å². The van der Waals surface area contributed by atoms with Gasteiger partial charge in [0.25, 0.3) is 5.91 Å². The number of aryl methyl sites for hydroxylation is 1. The van der Waals surface area contributed by atoms with Crippen LogP contribution in [-0.4, -0.2) is 34.2 Å². The number of carbonyl (C=O) groups excluding carboxylic acids is 1. The lowest BCUT2D eigenvalue weighted by atomic mass is 9.87. The summed E-state index contributed by atoms with van der Waals surface area (Å²) in [5.74, 6) is 0.988. The Hall–Kier alpha value is -3.89. The van der Waals surface area contributed by atoms with Crippen LogP contribution in [0.2, 0.25) is 0 Å². The minimum atomic E-state index is -4.54. The number of nitrogens with zero attached hydrogens (tertiary/aromatic N) is 3. The molecule has 2 heterocycles. The van der Waals surface area contributed by atoms with Crippen LogP contribution in [0.25, 0.3) is 0 Å². The van der Waals surface area contributed by atoms with E-state index in [0.29, 0.717) is 23.9 Å². The van der Waals surface area contributed by atoms with Gasteiger partial charge in [-0.15, -0.1) is 6.58 Å². The monoisotopic (exact) mass is 490 g/mol. The van der Waals surface area contributed by atoms with E-state index in [1.807, 2.05) is 38.1 Å². The summed E-state index contributed by atoms with van der Waals surface area (Å²) in [6.45, 7) is 7.66. The number of ether oxygens (including phenoxy) is 2. The Labute approximate surface area is 200 Å². The molecule has 0 fully saturated rings. The molecule has 0 spiro atoms. The van der Waals surface area contributed by atoms with E-state index in [-0.39, 0.29) is 25.5 Å². The summed E-state index contributed by atoms with van der Waals surface area (Å²) in [6, 6.07) is 9.47. The van der Waals surface area contributed by atoms with Gasteiger partial charge in [0, 0.05) is 6.54 Å². The van der Waals surface area contributed by atoms with Gasteiger partial charge in [0.1, 0.15) is 17.2 Å². The Balaban J connectivity index is 1.45. The molecule has 0 aliphatic carbocycles. The van der Waals surface area contributed by atoms with Gasteiger partial charge >= 0.3 is 6.18 Å². The fourth-order valence-electron chi connectivity index (χ4n) is 2.92. The third-order valence-electron chi connectivity index (χ3n) is 5.16. The van der Waals surface area contributed by atoms with Crippen LogP contribution in [-0.2, 0) is 23.0 Å². The number of hydrogen-bond acceptors (Lipinski definition) is 7. The molecule has 1 N–H and O–H groups in total. The lowest BCUT2D eigenvalue weighted by Gasteiger charge is -2.21. The first-order valence-corrected chi connectivity index (χ1v) is 10.7. The van der Waals surface area contributed by atoms with Crippen molar-refractivity contribution < 1.29 is 32.0 Å². The molecular formula is C24H25F3N4O4. The molecule has 3 rings (SSSR count). The molecule has 2 aromatic heterocycles. The molecule has 1 aromatic carbocycles. The number of carbonyl (C=O) groups is 1. The first-order chi connectivity index (χ1) is 16.6. The lowest BCUT2D eigenvalue weighted by Crippen LogP contribution is -2.33. The fraction of sp³-hybridized carbons (Fsp3) is 0.333. The van der Waals surface area contributed by atoms with Crippen molar-refractivity contribution in [2.24, 2.45) is 0 Å². The van der Waals surface area contributed by atoms with Crippen molar-refractivity contribution in [1.29, 1.82) is 0 Å². The third kappa shape index (κ3) is 7.29. The summed E-state index contributed by atoms with van der Waals surface area (Å²) >= 11 is 0. The Morgan fingerprint density at radius 2 is 1.86 bits per heavy atom. The maximum absolute atomic E-state index is 12.5. The van der Waals surface area contributed by atoms with Gasteiger partial charge in [-0.25, -0.2) is 4.98 Å². The SMILES string of the molecule is C=CC(C)(CCNC(=O)COc1ccc(C(F)(F)F)nc1)c1nc(COc2ccc(C)cc2)no1. The van der Waals surface area contributed by atoms with Crippen molar-refractivity contribution in [3.8, 4) is 11.5 Å². The van der Waals surface area contributed by atoms with Gasteiger partial charge in [-0.3, -0.25) is 4.79 Å². The number of aromatic nitrogens is 3. The highest BCUT2D eigenvalue weighted by Crippen LogP contribution is 2.29. The van der Waals surface area contributed by atoms with Crippen LogP contribution < -0.4 is 14.8 Å². The summed E-state index contributed by atoms with van der Waals surface area (Å²) in [6.07, 6.45) is -1.56. The molecule has 1 amide bonds. The van der Waals surface area contributed by atoms with Crippen LogP contribution in [0.15, 0.2) is 59.8 Å². The summed E-state index contributed by atoms with van der Waals surface area (Å²) in [7, 11) is 0. The van der Waals surface area contributed by atoms with Crippen molar-refractivity contribution in [2.75, 3.05) is 13.2 Å². The van der Waals surface area contributed by atoms with E-state index < -0.39 is 23.2 Å². The van der Waals surface area contributed by atoms with E-state index in [1.54, 1.807) is 6.08 Å². The number of amides is 1. The quantitative estimate of drug-likeness (QED) is 0.398. The molecule has 8 nitrogen and oxygen atoms in total. The normalized spacial score (nSPS) is 13.1. The maximum atomic E-state index is 12.5. The second kappa shape index (κ2) is 11.0. The van der Waals surface area contributed by atoms with Crippen molar-refractivity contribution >= 4 is 5.91 Å². The highest BCUT2D eigenvalue weighted by atomic mass is 19.4. The number of allylic oxidation sites excluding steroid dienone is 1. The standard InChI is InChI=1S/C24H25F3N4O4/c1-4-23(3,22-30-20(31-35-22)14-33-17-7-5-16(2)6-8-17)11-12-28-21(32)15-34-18-9-10-19(29-13-18)24(25,26)27/h4-10,13H,1,11-12,14-15H2,2-3H3,(H,28,32). The number of hydrogen-bond donors (Lipinski definition) is 1. The largest absolute Gasteiger partial charge is 0.485 e. The first kappa shape index (κ1) is 25.7. The second-order valence-electron chi connectivity index (χ2n) is 8.00. The predicted molar refractivity (Wildman–Crippen MR) is 120 cm³/mol. The fourth-order valence-corrected chi connectivity index (χ4v) is 2.92. The van der Waals surface area contributed by atoms with Crippen LogP contribution in [0.4, 0.5) is 13.2 Å². The van der Waals surface area contributed by atoms with Gasteiger partial charge in [0.2, 0.25) is 11.7 Å². The Morgan fingerprint density at radius 1 is 1.14 bits per heavy atom. The summed E-state index contributed by atoms with van der Waals surface area (Å²) in [4.78, 5) is 19.7. The number of halogens is 3. The minimum absolute atomic E-state index is 0.0512. The van der Waals surface area contributed by atoms with Gasteiger partial charge in [-0.05, 0) is 44.5 Å². The number of rotatable bonds is 11. The van der Waals surface area contributed by atoms with Gasteiger partial charge in [0.05, 0.1) is 11.6 Å². The predicted octanol–water partition coefficient (Wildman–Crippen LogP) is 4.40. The molecule has 1 unspecified atom stereocenters. The Morgan fingerprint density at radius 3 is 2.49 bits per heavy atom. The number of benzene rings is 1. The molecule has 0 saturated heterocycles. The molecule has 11 heteroatoms. The van der Waals surface area contributed by atoms with Crippen molar-refractivity contribution in [2.45, 2.75) is 38.5 Å². The lowest BCUT2D eigenvalue weighted by molar-refractivity contribution is -0.141. The Bertz CT molecular complexity index is 1130. The van der Waals surface area contributed by atoms with Crippen molar-refractivity contribution in [1.82, 2.24) is 20.4 Å². The molecule has 0 aliphatic rings. The van der Waals surface area contributed by atoms with Crippen molar-refractivity contribution in [3.05, 3.63) is 78.2 Å². The van der Waals surface area contributed by atoms with Gasteiger partial charge in [-0.1, -0.05) is 28.9 Å². The molecule has 0 bridgehead atoms.